The molecule has 142 valence electrons. The van der Waals surface area contributed by atoms with Gasteiger partial charge in [0.1, 0.15) is 0 Å². The lowest BCUT2D eigenvalue weighted by molar-refractivity contribution is -0.119. The van der Waals surface area contributed by atoms with Gasteiger partial charge in [0.15, 0.2) is 0 Å². The normalized spacial score (nSPS) is 10.2. The fraction of sp³-hybridized carbons (Fsp3) is 0.200. The molecule has 0 aliphatic heterocycles. The van der Waals surface area contributed by atoms with E-state index in [0.29, 0.717) is 11.4 Å². The Labute approximate surface area is 172 Å². The number of carbonyl (C=O) groups is 2. The van der Waals surface area contributed by atoms with Gasteiger partial charge < -0.3 is 5.32 Å². The molecule has 0 radical (unpaired) electrons. The molecule has 0 spiro atoms. The van der Waals surface area contributed by atoms with E-state index in [1.54, 1.807) is 12.1 Å². The third kappa shape index (κ3) is 6.45. The largest absolute Gasteiger partial charge is 0.326 e. The highest BCUT2D eigenvalue weighted by Gasteiger charge is 2.08. The molecule has 2 rings (SSSR count). The van der Waals surface area contributed by atoms with Crippen LogP contribution in [0.2, 0.25) is 0 Å². The van der Waals surface area contributed by atoms with E-state index in [4.69, 9.17) is 0 Å². The molecule has 3 N–H and O–H groups in total. The van der Waals surface area contributed by atoms with E-state index >= 15 is 0 Å². The highest BCUT2D eigenvalue weighted by Crippen LogP contribution is 2.28. The number of hydrazine groups is 1. The summed E-state index contributed by atoms with van der Waals surface area (Å²) in [6.07, 6.45) is 0. The van der Waals surface area contributed by atoms with Crippen molar-refractivity contribution in [3.8, 4) is 0 Å². The Balaban J connectivity index is 1.87. The van der Waals surface area contributed by atoms with E-state index in [0.717, 1.165) is 26.1 Å². The highest BCUT2D eigenvalue weighted by atomic mass is 79.9. The number of halogens is 1. The van der Waals surface area contributed by atoms with Crippen molar-refractivity contribution >= 4 is 50.9 Å². The van der Waals surface area contributed by atoms with Crippen molar-refractivity contribution in [1.29, 1.82) is 0 Å². The fourth-order valence-corrected chi connectivity index (χ4v) is 3.66. The molecule has 0 saturated carbocycles. The van der Waals surface area contributed by atoms with E-state index in [2.05, 4.69) is 50.8 Å². The molecule has 0 aliphatic rings. The van der Waals surface area contributed by atoms with Gasteiger partial charge in [0, 0.05) is 27.5 Å². The van der Waals surface area contributed by atoms with Crippen LogP contribution in [-0.2, 0) is 9.59 Å². The summed E-state index contributed by atoms with van der Waals surface area (Å²) in [5.74, 6) is -0.0117. The van der Waals surface area contributed by atoms with Crippen LogP contribution in [0, 0.1) is 13.8 Å². The molecule has 2 aromatic carbocycles. The van der Waals surface area contributed by atoms with Crippen molar-refractivity contribution < 1.29 is 9.59 Å². The zero-order valence-corrected chi connectivity index (χ0v) is 17.9. The molecule has 7 heteroatoms. The zero-order valence-electron chi connectivity index (χ0n) is 15.5. The van der Waals surface area contributed by atoms with Gasteiger partial charge in [-0.05, 0) is 49.2 Å². The molecular weight excluding hydrogens is 426 g/mol. The Morgan fingerprint density at radius 1 is 1.11 bits per heavy atom. The number of aryl methyl sites for hydroxylation is 2. The minimum absolute atomic E-state index is 0.144. The molecule has 0 bridgehead atoms. The second kappa shape index (κ2) is 9.62. The van der Waals surface area contributed by atoms with Crippen molar-refractivity contribution in [2.24, 2.45) is 0 Å². The predicted molar refractivity (Wildman–Crippen MR) is 115 cm³/mol. The first kappa shape index (κ1) is 21.1. The van der Waals surface area contributed by atoms with E-state index in [-0.39, 0.29) is 17.6 Å². The van der Waals surface area contributed by atoms with Gasteiger partial charge in [-0.3, -0.25) is 20.4 Å². The Kier molecular flexibility index (Phi) is 7.50. The van der Waals surface area contributed by atoms with Gasteiger partial charge in [0.2, 0.25) is 11.8 Å². The van der Waals surface area contributed by atoms with Crippen molar-refractivity contribution in [2.45, 2.75) is 25.7 Å². The number of carbonyl (C=O) groups excluding carboxylic acids is 2. The molecule has 2 amide bonds. The lowest BCUT2D eigenvalue weighted by Crippen LogP contribution is -2.37. The molecule has 0 aliphatic carbocycles. The second-order valence-electron chi connectivity index (χ2n) is 6.07. The van der Waals surface area contributed by atoms with Crippen molar-refractivity contribution in [2.75, 3.05) is 11.1 Å². The van der Waals surface area contributed by atoms with Crippen LogP contribution in [0.5, 0.6) is 0 Å². The van der Waals surface area contributed by atoms with Gasteiger partial charge in [0.25, 0.3) is 0 Å². The SMILES string of the molecule is C=C(NNC(=O)CSc1cc(C)c(Br)cc1C)c1cccc(NC(C)=O)c1. The lowest BCUT2D eigenvalue weighted by Gasteiger charge is -2.13. The molecule has 0 unspecified atom stereocenters. The predicted octanol–water partition coefficient (Wildman–Crippen LogP) is 4.41. The molecule has 0 aromatic heterocycles. The summed E-state index contributed by atoms with van der Waals surface area (Å²) in [6, 6.07) is 11.3. The van der Waals surface area contributed by atoms with E-state index < -0.39 is 0 Å². The Morgan fingerprint density at radius 2 is 1.85 bits per heavy atom. The second-order valence-corrected chi connectivity index (χ2v) is 7.94. The number of hydrogen-bond acceptors (Lipinski definition) is 4. The summed E-state index contributed by atoms with van der Waals surface area (Å²) in [4.78, 5) is 24.4. The number of thioether (sulfide) groups is 1. The molecule has 0 atom stereocenters. The van der Waals surface area contributed by atoms with Crippen LogP contribution in [0.25, 0.3) is 5.70 Å². The van der Waals surface area contributed by atoms with E-state index in [1.165, 1.54) is 18.7 Å². The molecule has 2 aromatic rings. The summed E-state index contributed by atoms with van der Waals surface area (Å²) in [5, 5.41) is 2.72. The molecule has 0 heterocycles. The van der Waals surface area contributed by atoms with Crippen molar-refractivity contribution in [1.82, 2.24) is 10.9 Å². The van der Waals surface area contributed by atoms with E-state index in [1.807, 2.05) is 26.0 Å². The fourth-order valence-electron chi connectivity index (χ4n) is 2.29. The molecule has 0 fully saturated rings. The minimum Gasteiger partial charge on any atom is -0.326 e. The van der Waals surface area contributed by atoms with Crippen LogP contribution in [0.3, 0.4) is 0 Å². The van der Waals surface area contributed by atoms with Gasteiger partial charge in [0.05, 0.1) is 11.4 Å². The standard InChI is InChI=1S/C20H22BrN3O2S/c1-12-9-19(13(2)8-18(12)21)27-11-20(26)24-23-14(3)16-6-5-7-17(10-16)22-15(4)25/h5-10,23H,3,11H2,1-2,4H3,(H,22,25)(H,24,26). The lowest BCUT2D eigenvalue weighted by atomic mass is 10.1. The van der Waals surface area contributed by atoms with Gasteiger partial charge >= 0.3 is 0 Å². The van der Waals surface area contributed by atoms with Crippen LogP contribution in [0.15, 0.2) is 52.3 Å². The maximum atomic E-state index is 12.1. The van der Waals surface area contributed by atoms with Gasteiger partial charge in [-0.15, -0.1) is 11.8 Å². The first-order valence-corrected chi connectivity index (χ1v) is 10.1. The van der Waals surface area contributed by atoms with Gasteiger partial charge in [-0.2, -0.15) is 0 Å². The molecular formula is C20H22BrN3O2S. The number of amides is 2. The van der Waals surface area contributed by atoms with Gasteiger partial charge in [-0.25, -0.2) is 0 Å². The van der Waals surface area contributed by atoms with Crippen LogP contribution in [0.1, 0.15) is 23.6 Å². The van der Waals surface area contributed by atoms with Crippen molar-refractivity contribution in [3.05, 3.63) is 64.1 Å². The third-order valence-electron chi connectivity index (χ3n) is 3.70. The summed E-state index contributed by atoms with van der Waals surface area (Å²) in [7, 11) is 0. The van der Waals surface area contributed by atoms with Crippen LogP contribution in [-0.4, -0.2) is 17.6 Å². The Hall–Kier alpha value is -2.25. The molecule has 0 saturated heterocycles. The average molecular weight is 448 g/mol. The number of hydrogen-bond donors (Lipinski definition) is 3. The number of benzene rings is 2. The first-order valence-electron chi connectivity index (χ1n) is 8.27. The quantitative estimate of drug-likeness (QED) is 0.434. The van der Waals surface area contributed by atoms with E-state index in [9.17, 15) is 9.59 Å². The topological polar surface area (TPSA) is 70.2 Å². The molecule has 5 nitrogen and oxygen atoms in total. The number of nitrogens with one attached hydrogen (secondary N) is 3. The number of rotatable bonds is 7. The van der Waals surface area contributed by atoms with Crippen LogP contribution in [0.4, 0.5) is 5.69 Å². The summed E-state index contributed by atoms with van der Waals surface area (Å²) in [5.41, 5.74) is 9.71. The van der Waals surface area contributed by atoms with Gasteiger partial charge in [-0.1, -0.05) is 34.6 Å². The minimum atomic E-state index is -0.154. The summed E-state index contributed by atoms with van der Waals surface area (Å²) < 4.78 is 1.06. The summed E-state index contributed by atoms with van der Waals surface area (Å²) >= 11 is 4.99. The maximum Gasteiger partial charge on any atom is 0.248 e. The first-order chi connectivity index (χ1) is 12.8. The smallest absolute Gasteiger partial charge is 0.248 e. The monoisotopic (exact) mass is 447 g/mol. The average Bonchev–Trinajstić information content (AvgIpc) is 2.61. The Bertz CT molecular complexity index is 884. The summed E-state index contributed by atoms with van der Waals surface area (Å²) in [6.45, 7) is 9.41. The van der Waals surface area contributed by atoms with Crippen molar-refractivity contribution in [3.63, 3.8) is 0 Å². The molecule has 27 heavy (non-hydrogen) atoms. The zero-order chi connectivity index (χ0) is 20.0. The highest BCUT2D eigenvalue weighted by molar-refractivity contribution is 9.10. The van der Waals surface area contributed by atoms with Crippen LogP contribution >= 0.6 is 27.7 Å². The number of anilines is 1. The van der Waals surface area contributed by atoms with Crippen LogP contribution < -0.4 is 16.2 Å². The Morgan fingerprint density at radius 3 is 2.56 bits per heavy atom. The maximum absolute atomic E-state index is 12.1. The third-order valence-corrected chi connectivity index (χ3v) is 5.71.